The van der Waals surface area contributed by atoms with Crippen LogP contribution in [0.15, 0.2) is 0 Å². The van der Waals surface area contributed by atoms with Crippen molar-refractivity contribution < 1.29 is 0 Å². The first-order valence-electron chi connectivity index (χ1n) is 11.6. The molecule has 0 saturated carbocycles. The summed E-state index contributed by atoms with van der Waals surface area (Å²) in [5, 5.41) is 0. The van der Waals surface area contributed by atoms with Gasteiger partial charge in [0.2, 0.25) is 0 Å². The Morgan fingerprint density at radius 2 is 1.32 bits per heavy atom. The quantitative estimate of drug-likeness (QED) is 0.273. The highest BCUT2D eigenvalue weighted by atomic mass is 14.3. The molecule has 0 saturated heterocycles. The number of rotatable bonds is 14. The van der Waals surface area contributed by atoms with E-state index in [0.29, 0.717) is 5.41 Å². The first-order chi connectivity index (χ1) is 11.6. The fraction of sp³-hybridized carbons (Fsp3) is 1.00. The van der Waals surface area contributed by atoms with E-state index in [1.54, 1.807) is 0 Å². The van der Waals surface area contributed by atoms with Crippen molar-refractivity contribution in [3.63, 3.8) is 0 Å². The van der Waals surface area contributed by atoms with E-state index in [1.807, 2.05) is 0 Å². The zero-order valence-corrected chi connectivity index (χ0v) is 19.5. The highest BCUT2D eigenvalue weighted by Gasteiger charge is 2.27. The second-order valence-electron chi connectivity index (χ2n) is 10.3. The fourth-order valence-electron chi connectivity index (χ4n) is 4.24. The molecular formula is C25H52. The Balaban J connectivity index is 4.44. The van der Waals surface area contributed by atoms with Gasteiger partial charge in [-0.3, -0.25) is 0 Å². The third kappa shape index (κ3) is 11.3. The average Bonchev–Trinajstić information content (AvgIpc) is 2.55. The molecule has 0 aromatic carbocycles. The Hall–Kier alpha value is 0. The van der Waals surface area contributed by atoms with E-state index in [9.17, 15) is 0 Å². The molecule has 0 aromatic heterocycles. The van der Waals surface area contributed by atoms with E-state index in [1.165, 1.54) is 64.2 Å². The van der Waals surface area contributed by atoms with Crippen molar-refractivity contribution in [2.24, 2.45) is 35.0 Å². The summed E-state index contributed by atoms with van der Waals surface area (Å²) in [5.74, 6) is 4.48. The molecule has 0 amide bonds. The van der Waals surface area contributed by atoms with Gasteiger partial charge in [0.1, 0.15) is 0 Å². The van der Waals surface area contributed by atoms with Gasteiger partial charge in [0, 0.05) is 0 Å². The van der Waals surface area contributed by atoms with Crippen LogP contribution in [0, 0.1) is 35.0 Å². The molecule has 0 heterocycles. The minimum atomic E-state index is 0.457. The van der Waals surface area contributed by atoms with Gasteiger partial charge in [-0.2, -0.15) is 0 Å². The summed E-state index contributed by atoms with van der Waals surface area (Å²) in [6, 6.07) is 0. The van der Waals surface area contributed by atoms with Crippen molar-refractivity contribution in [2.75, 3.05) is 0 Å². The second kappa shape index (κ2) is 13.2. The van der Waals surface area contributed by atoms with Crippen molar-refractivity contribution in [1.29, 1.82) is 0 Å². The minimum absolute atomic E-state index is 0.457. The maximum absolute atomic E-state index is 2.52. The summed E-state index contributed by atoms with van der Waals surface area (Å²) in [5.41, 5.74) is 0.457. The number of unbranched alkanes of at least 4 members (excludes halogenated alkanes) is 2. The smallest absolute Gasteiger partial charge is 0.0354 e. The molecule has 152 valence electrons. The van der Waals surface area contributed by atoms with Crippen LogP contribution in [0.25, 0.3) is 0 Å². The van der Waals surface area contributed by atoms with E-state index in [0.717, 1.165) is 29.6 Å². The average molecular weight is 353 g/mol. The lowest BCUT2D eigenvalue weighted by Crippen LogP contribution is -2.24. The molecule has 0 radical (unpaired) electrons. The van der Waals surface area contributed by atoms with Gasteiger partial charge in [-0.1, -0.05) is 107 Å². The normalized spacial score (nSPS) is 18.6. The first kappa shape index (κ1) is 25.0. The van der Waals surface area contributed by atoms with Gasteiger partial charge >= 0.3 is 0 Å². The van der Waals surface area contributed by atoms with Gasteiger partial charge in [0.25, 0.3) is 0 Å². The molecule has 0 aromatic rings. The maximum atomic E-state index is 2.52. The Kier molecular flexibility index (Phi) is 13.2. The zero-order valence-electron chi connectivity index (χ0n) is 19.5. The zero-order chi connectivity index (χ0) is 19.5. The Morgan fingerprint density at radius 1 is 0.680 bits per heavy atom. The van der Waals surface area contributed by atoms with Gasteiger partial charge in [0.15, 0.2) is 0 Å². The molecule has 0 aliphatic rings. The van der Waals surface area contributed by atoms with E-state index >= 15 is 0 Å². The Morgan fingerprint density at radius 3 is 1.80 bits per heavy atom. The van der Waals surface area contributed by atoms with Crippen LogP contribution in [0.3, 0.4) is 0 Å². The molecular weight excluding hydrogens is 300 g/mol. The number of hydrogen-bond donors (Lipinski definition) is 0. The molecule has 0 spiro atoms. The molecule has 0 aliphatic heterocycles. The summed E-state index contributed by atoms with van der Waals surface area (Å²) in [6.07, 6.45) is 14.1. The van der Waals surface area contributed by atoms with Gasteiger partial charge in [-0.05, 0) is 54.3 Å². The monoisotopic (exact) mass is 352 g/mol. The van der Waals surface area contributed by atoms with Crippen LogP contribution in [0.2, 0.25) is 0 Å². The molecule has 5 unspecified atom stereocenters. The lowest BCUT2D eigenvalue weighted by molar-refractivity contribution is 0.164. The molecule has 0 rings (SSSR count). The Labute approximate surface area is 161 Å². The van der Waals surface area contributed by atoms with Crippen LogP contribution in [0.5, 0.6) is 0 Å². The summed E-state index contributed by atoms with van der Waals surface area (Å²) in [4.78, 5) is 0. The van der Waals surface area contributed by atoms with Crippen molar-refractivity contribution in [1.82, 2.24) is 0 Å². The minimum Gasteiger partial charge on any atom is -0.0654 e. The molecule has 0 fully saturated rings. The second-order valence-corrected chi connectivity index (χ2v) is 10.3. The molecule has 0 nitrogen and oxygen atoms in total. The molecule has 0 N–H and O–H groups in total. The standard InChI is InChI=1S/C25H52/c1-10-13-14-15-23(12-3)19-22(6)21(5)16-17-24(25(7,8)9)18-20(4)11-2/h20-24H,10-19H2,1-9H3. The maximum Gasteiger partial charge on any atom is -0.0354 e. The van der Waals surface area contributed by atoms with Crippen LogP contribution in [-0.2, 0) is 0 Å². The van der Waals surface area contributed by atoms with Crippen LogP contribution >= 0.6 is 0 Å². The molecule has 0 bridgehead atoms. The largest absolute Gasteiger partial charge is 0.0654 e. The molecule has 0 aliphatic carbocycles. The number of hydrogen-bond acceptors (Lipinski definition) is 0. The van der Waals surface area contributed by atoms with Crippen molar-refractivity contribution in [3.8, 4) is 0 Å². The fourth-order valence-corrected chi connectivity index (χ4v) is 4.24. The highest BCUT2D eigenvalue weighted by Crippen LogP contribution is 2.38. The van der Waals surface area contributed by atoms with Crippen molar-refractivity contribution in [3.05, 3.63) is 0 Å². The van der Waals surface area contributed by atoms with Crippen molar-refractivity contribution in [2.45, 2.75) is 127 Å². The van der Waals surface area contributed by atoms with E-state index < -0.39 is 0 Å². The molecule has 5 atom stereocenters. The predicted molar refractivity (Wildman–Crippen MR) is 117 cm³/mol. The first-order valence-corrected chi connectivity index (χ1v) is 11.6. The highest BCUT2D eigenvalue weighted by molar-refractivity contribution is 4.78. The third-order valence-electron chi connectivity index (χ3n) is 7.05. The van der Waals surface area contributed by atoms with E-state index in [4.69, 9.17) is 0 Å². The van der Waals surface area contributed by atoms with Gasteiger partial charge in [-0.15, -0.1) is 0 Å². The van der Waals surface area contributed by atoms with Crippen LogP contribution in [-0.4, -0.2) is 0 Å². The lowest BCUT2D eigenvalue weighted by atomic mass is 9.71. The third-order valence-corrected chi connectivity index (χ3v) is 7.05. The van der Waals surface area contributed by atoms with Gasteiger partial charge < -0.3 is 0 Å². The molecule has 0 heteroatoms. The van der Waals surface area contributed by atoms with Crippen LogP contribution < -0.4 is 0 Å². The van der Waals surface area contributed by atoms with Gasteiger partial charge in [-0.25, -0.2) is 0 Å². The van der Waals surface area contributed by atoms with E-state index in [-0.39, 0.29) is 0 Å². The van der Waals surface area contributed by atoms with Gasteiger partial charge in [0.05, 0.1) is 0 Å². The van der Waals surface area contributed by atoms with Crippen molar-refractivity contribution >= 4 is 0 Å². The van der Waals surface area contributed by atoms with E-state index in [2.05, 4.69) is 62.3 Å². The lowest BCUT2D eigenvalue weighted by Gasteiger charge is -2.34. The summed E-state index contributed by atoms with van der Waals surface area (Å²) in [6.45, 7) is 21.9. The topological polar surface area (TPSA) is 0 Å². The molecule has 25 heavy (non-hydrogen) atoms. The van der Waals surface area contributed by atoms with Crippen LogP contribution in [0.1, 0.15) is 127 Å². The summed E-state index contributed by atoms with van der Waals surface area (Å²) in [7, 11) is 0. The Bertz CT molecular complexity index is 298. The SMILES string of the molecule is CCCCCC(CC)CC(C)C(C)CCC(CC(C)CC)C(C)(C)C. The predicted octanol–water partition coefficient (Wildman–Crippen LogP) is 9.13. The summed E-state index contributed by atoms with van der Waals surface area (Å²) >= 11 is 0. The summed E-state index contributed by atoms with van der Waals surface area (Å²) < 4.78 is 0. The van der Waals surface area contributed by atoms with Crippen LogP contribution in [0.4, 0.5) is 0 Å².